The first kappa shape index (κ1) is 26.4. The molecule has 0 aliphatic carbocycles. The molecule has 3 aliphatic heterocycles. The van der Waals surface area contributed by atoms with Crippen LogP contribution in [-0.2, 0) is 9.53 Å². The fourth-order valence-corrected chi connectivity index (χ4v) is 5.02. The zero-order chi connectivity index (χ0) is 27.4. The van der Waals surface area contributed by atoms with Crippen LogP contribution in [0.5, 0.6) is 0 Å². The Balaban J connectivity index is 1.36. The van der Waals surface area contributed by atoms with E-state index in [4.69, 9.17) is 15.6 Å². The topological polar surface area (TPSA) is 134 Å². The van der Waals surface area contributed by atoms with Gasteiger partial charge in [0.2, 0.25) is 17.4 Å². The summed E-state index contributed by atoms with van der Waals surface area (Å²) in [6, 6.07) is 12.4. The summed E-state index contributed by atoms with van der Waals surface area (Å²) in [7, 11) is 1.62. The molecule has 11 nitrogen and oxygen atoms in total. The number of methoxy groups -OCH3 is 1. The summed E-state index contributed by atoms with van der Waals surface area (Å²) >= 11 is 0. The van der Waals surface area contributed by atoms with Crippen LogP contribution in [-0.4, -0.2) is 71.2 Å². The number of amidine groups is 1. The number of piperidine rings is 1. The van der Waals surface area contributed by atoms with Crippen molar-refractivity contribution in [1.82, 2.24) is 15.2 Å². The molecular weight excluding hydrogens is 496 g/mol. The molecule has 4 heterocycles. The van der Waals surface area contributed by atoms with Gasteiger partial charge in [-0.2, -0.15) is 10.8 Å². The Hall–Kier alpha value is -4.19. The number of rotatable bonds is 8. The van der Waals surface area contributed by atoms with Gasteiger partial charge in [0.25, 0.3) is 11.7 Å². The molecule has 3 atom stereocenters. The third kappa shape index (κ3) is 5.51. The van der Waals surface area contributed by atoms with E-state index in [1.54, 1.807) is 56.2 Å². The number of nitrogens with one attached hydrogen (secondary N) is 2. The minimum atomic E-state index is -0.257. The highest BCUT2D eigenvalue weighted by atomic mass is 16.5. The lowest BCUT2D eigenvalue weighted by atomic mass is 9.96. The summed E-state index contributed by atoms with van der Waals surface area (Å²) in [4.78, 5) is 41.2. The van der Waals surface area contributed by atoms with Crippen molar-refractivity contribution in [3.63, 3.8) is 0 Å². The van der Waals surface area contributed by atoms with E-state index in [9.17, 15) is 9.59 Å². The number of carbonyl (C=O) groups is 2. The number of anilines is 1. The van der Waals surface area contributed by atoms with E-state index in [0.717, 1.165) is 30.6 Å². The highest BCUT2D eigenvalue weighted by Gasteiger charge is 2.46. The van der Waals surface area contributed by atoms with Crippen LogP contribution in [0.25, 0.3) is 0 Å². The van der Waals surface area contributed by atoms with Crippen molar-refractivity contribution in [2.45, 2.75) is 25.8 Å². The van der Waals surface area contributed by atoms with Gasteiger partial charge >= 0.3 is 0 Å². The first-order valence-electron chi connectivity index (χ1n) is 13.0. The highest BCUT2D eigenvalue weighted by Crippen LogP contribution is 2.34. The molecule has 2 aromatic rings. The van der Waals surface area contributed by atoms with Gasteiger partial charge in [-0.25, -0.2) is 4.98 Å². The Kier molecular flexibility index (Phi) is 7.64. The summed E-state index contributed by atoms with van der Waals surface area (Å²) < 4.78 is 5.01. The fourth-order valence-electron chi connectivity index (χ4n) is 5.02. The summed E-state index contributed by atoms with van der Waals surface area (Å²) in [5, 5.41) is 5.83. The molecule has 2 amide bonds. The monoisotopic (exact) mass is 529 g/mol. The molecule has 202 valence electrons. The minimum absolute atomic E-state index is 0.0160. The Morgan fingerprint density at radius 3 is 2.79 bits per heavy atom. The Bertz CT molecular complexity index is 1350. The van der Waals surface area contributed by atoms with Crippen molar-refractivity contribution in [1.29, 1.82) is 0 Å². The molecule has 5 rings (SSSR count). The number of quaternary nitrogens is 1. The quantitative estimate of drug-likeness (QED) is 0.355. The number of fused-ring (bicyclic) bond motifs is 1. The van der Waals surface area contributed by atoms with Crippen molar-refractivity contribution < 1.29 is 18.9 Å². The number of benzene rings is 1. The largest absolute Gasteiger partial charge is 0.383 e. The second-order valence-electron chi connectivity index (χ2n) is 9.89. The van der Waals surface area contributed by atoms with E-state index in [1.165, 1.54) is 0 Å². The molecule has 0 spiro atoms. The maximum absolute atomic E-state index is 12.9. The molecule has 1 fully saturated rings. The Labute approximate surface area is 227 Å². The third-order valence-corrected chi connectivity index (χ3v) is 6.98. The fraction of sp³-hybridized carbons (Fsp3) is 0.321. The van der Waals surface area contributed by atoms with Crippen LogP contribution in [0.15, 0.2) is 82.6 Å². The maximum Gasteiger partial charge on any atom is 0.266 e. The van der Waals surface area contributed by atoms with Gasteiger partial charge in [0.1, 0.15) is 12.0 Å². The van der Waals surface area contributed by atoms with Crippen molar-refractivity contribution in [2.24, 2.45) is 21.7 Å². The van der Waals surface area contributed by atoms with Crippen LogP contribution in [0.1, 0.15) is 35.7 Å². The van der Waals surface area contributed by atoms with Crippen LogP contribution >= 0.6 is 0 Å². The second kappa shape index (κ2) is 11.3. The predicted octanol–water partition coefficient (Wildman–Crippen LogP) is 2.37. The standard InChI is InChI=1S/C28H32N8O3/c1-19(18-39-2)32-28(38)22-6-5-14-35(17-22)25-23-16-30-13-15-36(23,29)26(34-25)20-8-10-21(11-9-20)27(37)33-24-7-3-4-12-31-24/h3-4,7-13,15-16,19,22H,5-6,14,17-18,29H2,1-2H3,(H-,31,32,33,37,38)/p+1/t19-,22?,36?/m0/s1. The van der Waals surface area contributed by atoms with Gasteiger partial charge in [0, 0.05) is 38.0 Å². The first-order valence-corrected chi connectivity index (χ1v) is 13.0. The van der Waals surface area contributed by atoms with Crippen LogP contribution in [0.3, 0.4) is 0 Å². The molecule has 39 heavy (non-hydrogen) atoms. The van der Waals surface area contributed by atoms with E-state index in [2.05, 4.69) is 25.5 Å². The number of nitrogens with two attached hydrogens (primary N) is 1. The smallest absolute Gasteiger partial charge is 0.266 e. The first-order chi connectivity index (χ1) is 18.9. The maximum atomic E-state index is 12.9. The number of carbonyl (C=O) groups excluding carboxylic acids is 2. The Morgan fingerprint density at radius 2 is 2.05 bits per heavy atom. The van der Waals surface area contributed by atoms with E-state index in [0.29, 0.717) is 36.2 Å². The lowest BCUT2D eigenvalue weighted by Crippen LogP contribution is -2.53. The Morgan fingerprint density at radius 1 is 1.23 bits per heavy atom. The lowest BCUT2D eigenvalue weighted by Gasteiger charge is -2.33. The van der Waals surface area contributed by atoms with Crippen molar-refractivity contribution in [3.8, 4) is 0 Å². The van der Waals surface area contributed by atoms with Gasteiger partial charge in [-0.15, -0.1) is 4.59 Å². The number of pyridine rings is 1. The summed E-state index contributed by atoms with van der Waals surface area (Å²) in [5.41, 5.74) is 2.00. The number of likely N-dealkylation sites (tertiary alicyclic amines) is 1. The highest BCUT2D eigenvalue weighted by molar-refractivity contribution is 6.05. The average Bonchev–Trinajstić information content (AvgIpc) is 3.27. The summed E-state index contributed by atoms with van der Waals surface area (Å²) in [5.74, 6) is 8.29. The van der Waals surface area contributed by atoms with E-state index in [1.807, 2.05) is 25.1 Å². The molecule has 0 bridgehead atoms. The molecule has 1 aromatic heterocycles. The third-order valence-electron chi connectivity index (χ3n) is 6.98. The van der Waals surface area contributed by atoms with Crippen molar-refractivity contribution >= 4 is 29.7 Å². The average molecular weight is 530 g/mol. The number of hydrogen-bond acceptors (Lipinski definition) is 8. The number of nitrogens with zero attached hydrogens (tertiary/aromatic N) is 5. The zero-order valence-corrected chi connectivity index (χ0v) is 22.1. The van der Waals surface area contributed by atoms with Crippen molar-refractivity contribution in [2.75, 3.05) is 32.1 Å². The van der Waals surface area contributed by atoms with Crippen LogP contribution < -0.4 is 16.5 Å². The van der Waals surface area contributed by atoms with E-state index in [-0.39, 0.29) is 28.4 Å². The van der Waals surface area contributed by atoms with Gasteiger partial charge in [-0.1, -0.05) is 6.07 Å². The number of hydrogen-bond donors (Lipinski definition) is 3. The molecule has 0 radical (unpaired) electrons. The number of aromatic nitrogens is 1. The molecule has 0 saturated carbocycles. The number of amides is 2. The minimum Gasteiger partial charge on any atom is -0.383 e. The summed E-state index contributed by atoms with van der Waals surface area (Å²) in [6.45, 7) is 3.69. The molecular formula is C28H33N8O3+. The van der Waals surface area contributed by atoms with E-state index >= 15 is 0 Å². The number of aliphatic imine (C=N–C) groups is 2. The molecule has 4 N–H and O–H groups in total. The molecule has 1 saturated heterocycles. The van der Waals surface area contributed by atoms with Gasteiger partial charge in [-0.05, 0) is 56.2 Å². The summed E-state index contributed by atoms with van der Waals surface area (Å²) in [6.07, 6.45) is 8.45. The normalized spacial score (nSPS) is 22.8. The number of ether oxygens (including phenoxy) is 1. The van der Waals surface area contributed by atoms with Crippen LogP contribution in [0, 0.1) is 5.92 Å². The van der Waals surface area contributed by atoms with Gasteiger partial charge < -0.3 is 20.3 Å². The zero-order valence-electron chi connectivity index (χ0n) is 22.1. The molecule has 2 unspecified atom stereocenters. The molecule has 11 heteroatoms. The van der Waals surface area contributed by atoms with Crippen LogP contribution in [0.4, 0.5) is 5.82 Å². The lowest BCUT2D eigenvalue weighted by molar-refractivity contribution is -0.750. The van der Waals surface area contributed by atoms with Gasteiger partial charge in [-0.3, -0.25) is 14.6 Å². The van der Waals surface area contributed by atoms with Gasteiger partial charge in [0.05, 0.1) is 30.5 Å². The SMILES string of the molecule is COC[C@H](C)NC(=O)C1CCCN(C2=C3C=NC=C[N+]3(N)C(c3ccc(C(=O)Nc4ccccn4)cc3)=N2)C1. The van der Waals surface area contributed by atoms with Crippen LogP contribution in [0.2, 0.25) is 0 Å². The molecule has 3 aliphatic rings. The number of allylic oxidation sites excluding steroid dienone is 1. The van der Waals surface area contributed by atoms with Crippen molar-refractivity contribution in [3.05, 3.63) is 83.7 Å². The van der Waals surface area contributed by atoms with Gasteiger partial charge in [0.15, 0.2) is 0 Å². The van der Waals surface area contributed by atoms with E-state index < -0.39 is 0 Å². The second-order valence-corrected chi connectivity index (χ2v) is 9.89. The predicted molar refractivity (Wildman–Crippen MR) is 148 cm³/mol. The molecule has 1 aromatic carbocycles.